The molecule has 0 aliphatic carbocycles. The molecule has 0 saturated heterocycles. The van der Waals surface area contributed by atoms with E-state index in [-0.39, 0.29) is 22.3 Å². The molecule has 1 aromatic carbocycles. The van der Waals surface area contributed by atoms with Gasteiger partial charge < -0.3 is 20.4 Å². The molecule has 0 unspecified atom stereocenters. The first-order valence-electron chi connectivity index (χ1n) is 8.96. The average Bonchev–Trinajstić information content (AvgIpc) is 3.05. The zero-order chi connectivity index (χ0) is 22.3. The van der Waals surface area contributed by atoms with Crippen molar-refractivity contribution in [2.45, 2.75) is 11.8 Å². The molecule has 12 heteroatoms. The summed E-state index contributed by atoms with van der Waals surface area (Å²) in [5.41, 5.74) is 7.54. The Hall–Kier alpha value is -3.80. The third kappa shape index (κ3) is 4.10. The van der Waals surface area contributed by atoms with Gasteiger partial charge in [0.25, 0.3) is 0 Å². The SMILES string of the molecule is Cc1cc(S(C)(=O)=O)cc(F)c1Oc1cc(Nc2cc(N)ncn2)c2ncn(C)c2n1. The Morgan fingerprint density at radius 2 is 1.94 bits per heavy atom. The first kappa shape index (κ1) is 20.5. The summed E-state index contributed by atoms with van der Waals surface area (Å²) in [7, 11) is -1.81. The summed E-state index contributed by atoms with van der Waals surface area (Å²) in [6, 6.07) is 5.35. The normalized spacial score (nSPS) is 11.6. The minimum absolute atomic E-state index is 0.0785. The van der Waals surface area contributed by atoms with E-state index in [1.54, 1.807) is 30.9 Å². The highest BCUT2D eigenvalue weighted by molar-refractivity contribution is 7.90. The molecule has 4 aromatic rings. The summed E-state index contributed by atoms with van der Waals surface area (Å²) in [6.45, 7) is 1.55. The van der Waals surface area contributed by atoms with Crippen LogP contribution in [0.2, 0.25) is 0 Å². The molecule has 0 saturated carbocycles. The number of benzene rings is 1. The van der Waals surface area contributed by atoms with Crippen LogP contribution in [0.5, 0.6) is 11.6 Å². The van der Waals surface area contributed by atoms with E-state index in [0.717, 1.165) is 12.3 Å². The maximum atomic E-state index is 14.7. The van der Waals surface area contributed by atoms with Gasteiger partial charge in [0.05, 0.1) is 16.9 Å². The zero-order valence-electron chi connectivity index (χ0n) is 16.8. The van der Waals surface area contributed by atoms with Crippen molar-refractivity contribution in [1.29, 1.82) is 0 Å². The number of anilines is 3. The minimum Gasteiger partial charge on any atom is -0.436 e. The third-order valence-corrected chi connectivity index (χ3v) is 5.53. The van der Waals surface area contributed by atoms with Crippen molar-refractivity contribution in [3.8, 4) is 11.6 Å². The van der Waals surface area contributed by atoms with Crippen molar-refractivity contribution in [2.75, 3.05) is 17.3 Å². The monoisotopic (exact) mass is 443 g/mol. The van der Waals surface area contributed by atoms with E-state index in [4.69, 9.17) is 10.5 Å². The number of imidazole rings is 1. The topological polar surface area (TPSA) is 138 Å². The number of aryl methyl sites for hydroxylation is 2. The largest absolute Gasteiger partial charge is 0.436 e. The van der Waals surface area contributed by atoms with Gasteiger partial charge in [0.1, 0.15) is 23.5 Å². The molecule has 0 aliphatic heterocycles. The van der Waals surface area contributed by atoms with Crippen LogP contribution in [0.15, 0.2) is 41.8 Å². The van der Waals surface area contributed by atoms with E-state index in [0.29, 0.717) is 28.2 Å². The van der Waals surface area contributed by atoms with Gasteiger partial charge in [0.15, 0.2) is 27.1 Å². The molecule has 10 nitrogen and oxygen atoms in total. The molecule has 31 heavy (non-hydrogen) atoms. The van der Waals surface area contributed by atoms with E-state index in [1.165, 1.54) is 18.5 Å². The van der Waals surface area contributed by atoms with Crippen molar-refractivity contribution in [3.05, 3.63) is 48.3 Å². The lowest BCUT2D eigenvalue weighted by atomic mass is 10.2. The van der Waals surface area contributed by atoms with Gasteiger partial charge >= 0.3 is 0 Å². The van der Waals surface area contributed by atoms with Crippen LogP contribution in [0.4, 0.5) is 21.7 Å². The molecule has 0 fully saturated rings. The molecule has 160 valence electrons. The van der Waals surface area contributed by atoms with Crippen LogP contribution in [0.1, 0.15) is 5.56 Å². The third-order valence-electron chi connectivity index (χ3n) is 4.43. The van der Waals surface area contributed by atoms with E-state index >= 15 is 0 Å². The predicted octanol–water partition coefficient (Wildman–Crippen LogP) is 2.73. The smallest absolute Gasteiger partial charge is 0.223 e. The number of hydrogen-bond donors (Lipinski definition) is 2. The summed E-state index contributed by atoms with van der Waals surface area (Å²) >= 11 is 0. The fourth-order valence-electron chi connectivity index (χ4n) is 2.95. The summed E-state index contributed by atoms with van der Waals surface area (Å²) in [6.07, 6.45) is 3.90. The highest BCUT2D eigenvalue weighted by Gasteiger charge is 2.18. The summed E-state index contributed by atoms with van der Waals surface area (Å²) in [5, 5.41) is 3.09. The predicted molar refractivity (Wildman–Crippen MR) is 113 cm³/mol. The van der Waals surface area contributed by atoms with Crippen molar-refractivity contribution < 1.29 is 17.5 Å². The van der Waals surface area contributed by atoms with Crippen molar-refractivity contribution in [3.63, 3.8) is 0 Å². The molecular formula is C19H18FN7O3S. The number of nitrogen functional groups attached to an aromatic ring is 1. The van der Waals surface area contributed by atoms with E-state index < -0.39 is 15.7 Å². The van der Waals surface area contributed by atoms with Gasteiger partial charge in [-0.2, -0.15) is 4.98 Å². The number of ether oxygens (including phenoxy) is 1. The lowest BCUT2D eigenvalue weighted by Crippen LogP contribution is -2.03. The summed E-state index contributed by atoms with van der Waals surface area (Å²) < 4.78 is 45.6. The van der Waals surface area contributed by atoms with Gasteiger partial charge in [-0.3, -0.25) is 0 Å². The number of sulfone groups is 1. The number of halogens is 1. The fraction of sp³-hybridized carbons (Fsp3) is 0.158. The standard InChI is InChI=1S/C19H18FN7O3S/c1-10-4-11(31(3,28)29)5-12(20)18(10)30-16-6-13(17-19(26-16)27(2)9-24-17)25-15-7-14(21)22-8-23-15/h4-9H,1-3H3,(H3,21,22,23,25,26). The first-order valence-corrected chi connectivity index (χ1v) is 10.9. The second-order valence-corrected chi connectivity index (χ2v) is 8.93. The lowest BCUT2D eigenvalue weighted by molar-refractivity contribution is 0.424. The van der Waals surface area contributed by atoms with Crippen LogP contribution in [-0.2, 0) is 16.9 Å². The van der Waals surface area contributed by atoms with Crippen LogP contribution in [0, 0.1) is 12.7 Å². The molecular weight excluding hydrogens is 425 g/mol. The Morgan fingerprint density at radius 3 is 2.61 bits per heavy atom. The van der Waals surface area contributed by atoms with Gasteiger partial charge in [0.2, 0.25) is 5.88 Å². The number of nitrogens with zero attached hydrogens (tertiary/aromatic N) is 5. The maximum Gasteiger partial charge on any atom is 0.223 e. The van der Waals surface area contributed by atoms with Crippen molar-refractivity contribution in [1.82, 2.24) is 24.5 Å². The van der Waals surface area contributed by atoms with Gasteiger partial charge in [0, 0.05) is 25.4 Å². The number of pyridine rings is 1. The highest BCUT2D eigenvalue weighted by atomic mass is 32.2. The molecule has 0 aliphatic rings. The fourth-order valence-corrected chi connectivity index (χ4v) is 3.66. The van der Waals surface area contributed by atoms with Gasteiger partial charge in [-0.05, 0) is 24.6 Å². The minimum atomic E-state index is -3.56. The Labute approximate surface area is 176 Å². The highest BCUT2D eigenvalue weighted by Crippen LogP contribution is 2.33. The van der Waals surface area contributed by atoms with E-state index in [2.05, 4.69) is 25.3 Å². The Kier molecular flexibility index (Phi) is 4.93. The quantitative estimate of drug-likeness (QED) is 0.477. The number of fused-ring (bicyclic) bond motifs is 1. The second-order valence-electron chi connectivity index (χ2n) is 6.91. The number of hydrogen-bond acceptors (Lipinski definition) is 9. The molecule has 4 rings (SSSR count). The van der Waals surface area contributed by atoms with Gasteiger partial charge in [-0.25, -0.2) is 27.8 Å². The molecule has 0 bridgehead atoms. The van der Waals surface area contributed by atoms with E-state index in [1.807, 2.05) is 0 Å². The average molecular weight is 443 g/mol. The van der Waals surface area contributed by atoms with Gasteiger partial charge in [-0.1, -0.05) is 0 Å². The lowest BCUT2D eigenvalue weighted by Gasteiger charge is -2.13. The van der Waals surface area contributed by atoms with Crippen LogP contribution < -0.4 is 15.8 Å². The molecule has 0 radical (unpaired) electrons. The van der Waals surface area contributed by atoms with E-state index in [9.17, 15) is 12.8 Å². The van der Waals surface area contributed by atoms with Crippen molar-refractivity contribution >= 4 is 38.3 Å². The Bertz CT molecular complexity index is 1400. The summed E-state index contributed by atoms with van der Waals surface area (Å²) in [4.78, 5) is 16.6. The molecule has 0 atom stereocenters. The van der Waals surface area contributed by atoms with Gasteiger partial charge in [-0.15, -0.1) is 0 Å². The molecule has 0 spiro atoms. The van der Waals surface area contributed by atoms with Crippen LogP contribution >= 0.6 is 0 Å². The molecule has 3 N–H and O–H groups in total. The maximum absolute atomic E-state index is 14.7. The Balaban J connectivity index is 1.78. The molecule has 3 heterocycles. The number of nitrogens with two attached hydrogens (primary N) is 1. The first-order chi connectivity index (χ1) is 14.6. The van der Waals surface area contributed by atoms with Crippen LogP contribution in [0.3, 0.4) is 0 Å². The summed E-state index contributed by atoms with van der Waals surface area (Å²) in [5.74, 6) is -0.154. The molecule has 0 amide bonds. The van der Waals surface area contributed by atoms with Crippen LogP contribution in [0.25, 0.3) is 11.2 Å². The number of rotatable bonds is 5. The second kappa shape index (κ2) is 7.47. The number of nitrogens with one attached hydrogen (secondary N) is 1. The number of aromatic nitrogens is 5. The van der Waals surface area contributed by atoms with Crippen molar-refractivity contribution in [2.24, 2.45) is 7.05 Å². The Morgan fingerprint density at radius 1 is 1.16 bits per heavy atom. The zero-order valence-corrected chi connectivity index (χ0v) is 17.6. The molecule has 3 aromatic heterocycles. The van der Waals surface area contributed by atoms with Crippen LogP contribution in [-0.4, -0.2) is 39.2 Å².